The minimum Gasteiger partial charge on any atom is -0.446 e. The summed E-state index contributed by atoms with van der Waals surface area (Å²) in [5.74, 6) is 0.214. The molecule has 1 unspecified atom stereocenters. The van der Waals surface area contributed by atoms with Gasteiger partial charge in [-0.3, -0.25) is 14.3 Å². The quantitative estimate of drug-likeness (QED) is 0.351. The number of benzene rings is 1. The van der Waals surface area contributed by atoms with E-state index >= 15 is 0 Å². The molecule has 33 heavy (non-hydrogen) atoms. The van der Waals surface area contributed by atoms with E-state index in [0.29, 0.717) is 38.6 Å². The molecule has 0 radical (unpaired) electrons. The molecule has 184 valence electrons. The Bertz CT molecular complexity index is 758. The predicted molar refractivity (Wildman–Crippen MR) is 131 cm³/mol. The summed E-state index contributed by atoms with van der Waals surface area (Å²) in [6.45, 7) is 6.56. The number of hydrogen-bond donors (Lipinski definition) is 3. The molecule has 1 aromatic rings. The van der Waals surface area contributed by atoms with Gasteiger partial charge in [-0.1, -0.05) is 44.2 Å². The van der Waals surface area contributed by atoms with Crippen molar-refractivity contribution in [3.63, 3.8) is 0 Å². The molecular weight excluding hydrogens is 440 g/mol. The molecule has 7 nitrogen and oxygen atoms in total. The lowest BCUT2D eigenvalue weighted by Gasteiger charge is -2.21. The number of hydrogen-bond acceptors (Lipinski definition) is 6. The van der Waals surface area contributed by atoms with E-state index in [1.54, 1.807) is 0 Å². The average molecular weight is 479 g/mol. The molecule has 1 fully saturated rings. The topological polar surface area (TPSA) is 105 Å². The van der Waals surface area contributed by atoms with E-state index in [9.17, 15) is 19.5 Å². The smallest absolute Gasteiger partial charge is 0.417 e. The van der Waals surface area contributed by atoms with E-state index < -0.39 is 6.09 Å². The number of Topliss-reactive ketones (excluding diaryl/α,β-unsaturated/α-hetero) is 1. The van der Waals surface area contributed by atoms with Crippen LogP contribution < -0.4 is 10.0 Å². The maximum absolute atomic E-state index is 12.9. The maximum Gasteiger partial charge on any atom is 0.417 e. The van der Waals surface area contributed by atoms with Crippen molar-refractivity contribution in [2.45, 2.75) is 70.7 Å². The van der Waals surface area contributed by atoms with Gasteiger partial charge in [-0.15, -0.1) is 0 Å². The first kappa shape index (κ1) is 27.2. The van der Waals surface area contributed by atoms with Gasteiger partial charge in [0.15, 0.2) is 0 Å². The summed E-state index contributed by atoms with van der Waals surface area (Å²) in [5.41, 5.74) is 1.09. The molecule has 0 bridgehead atoms. The summed E-state index contributed by atoms with van der Waals surface area (Å²) in [4.78, 5) is 37.0. The van der Waals surface area contributed by atoms with E-state index in [4.69, 9.17) is 4.74 Å². The molecule has 0 spiro atoms. The number of rotatable bonds is 14. The molecule has 1 saturated heterocycles. The molecule has 8 heteroatoms. The van der Waals surface area contributed by atoms with Crippen molar-refractivity contribution in [1.82, 2.24) is 10.0 Å². The van der Waals surface area contributed by atoms with Crippen LogP contribution in [0.25, 0.3) is 0 Å². The zero-order chi connectivity index (χ0) is 24.2. The highest BCUT2D eigenvalue weighted by molar-refractivity contribution is 7.99. The van der Waals surface area contributed by atoms with Crippen molar-refractivity contribution in [3.8, 4) is 0 Å². The van der Waals surface area contributed by atoms with Crippen molar-refractivity contribution in [2.75, 3.05) is 13.2 Å². The van der Waals surface area contributed by atoms with Crippen LogP contribution in [0.5, 0.6) is 0 Å². The molecule has 2 rings (SSSR count). The zero-order valence-corrected chi connectivity index (χ0v) is 20.7. The molecule has 1 aliphatic rings. The SMILES string of the molecule is CC(C)C[C@H](SNC(=O)OC(C)Cc1ccccc1)C(=O)CC[C@H](CO)C[C@@H]1CCNC1=O. The van der Waals surface area contributed by atoms with E-state index in [-0.39, 0.29) is 47.4 Å². The van der Waals surface area contributed by atoms with Crippen LogP contribution in [0.15, 0.2) is 30.3 Å². The van der Waals surface area contributed by atoms with Gasteiger partial charge in [0.2, 0.25) is 5.91 Å². The molecule has 0 aliphatic carbocycles. The fraction of sp³-hybridized carbons (Fsp3) is 0.640. The van der Waals surface area contributed by atoms with Gasteiger partial charge in [0, 0.05) is 31.9 Å². The second-order valence-electron chi connectivity index (χ2n) is 9.31. The van der Waals surface area contributed by atoms with Crippen molar-refractivity contribution in [1.29, 1.82) is 0 Å². The van der Waals surface area contributed by atoms with E-state index in [1.807, 2.05) is 51.1 Å². The third-order valence-corrected chi connectivity index (χ3v) is 6.87. The Balaban J connectivity index is 1.79. The van der Waals surface area contributed by atoms with Gasteiger partial charge in [0.05, 0.1) is 5.25 Å². The first-order valence-electron chi connectivity index (χ1n) is 11.9. The van der Waals surface area contributed by atoms with E-state index in [2.05, 4.69) is 10.0 Å². The second kappa shape index (κ2) is 14.3. The Hall–Kier alpha value is -2.06. The van der Waals surface area contributed by atoms with Crippen LogP contribution in [0.3, 0.4) is 0 Å². The van der Waals surface area contributed by atoms with Crippen molar-refractivity contribution in [2.24, 2.45) is 17.8 Å². The summed E-state index contributed by atoms with van der Waals surface area (Å²) in [6.07, 6.45) is 2.65. The molecule has 1 aromatic carbocycles. The summed E-state index contributed by atoms with van der Waals surface area (Å²) in [5, 5.41) is 12.1. The van der Waals surface area contributed by atoms with Crippen molar-refractivity contribution < 1.29 is 24.2 Å². The van der Waals surface area contributed by atoms with Crippen molar-refractivity contribution in [3.05, 3.63) is 35.9 Å². The van der Waals surface area contributed by atoms with Gasteiger partial charge in [0.25, 0.3) is 0 Å². The van der Waals surface area contributed by atoms with Crippen LogP contribution in [0.2, 0.25) is 0 Å². The minimum absolute atomic E-state index is 0.0388. The average Bonchev–Trinajstić information content (AvgIpc) is 3.18. The molecular formula is C25H38N2O5S. The Morgan fingerprint density at radius 3 is 2.58 bits per heavy atom. The van der Waals surface area contributed by atoms with Crippen LogP contribution in [0.1, 0.15) is 58.4 Å². The van der Waals surface area contributed by atoms with E-state index in [1.165, 1.54) is 0 Å². The Labute approximate surface area is 201 Å². The van der Waals surface area contributed by atoms with Crippen LogP contribution in [0.4, 0.5) is 4.79 Å². The van der Waals surface area contributed by atoms with Gasteiger partial charge in [-0.25, -0.2) is 4.79 Å². The monoisotopic (exact) mass is 478 g/mol. The maximum atomic E-state index is 12.9. The molecule has 4 atom stereocenters. The molecule has 2 amide bonds. The standard InChI is InChI=1S/C25H38N2O5S/c1-17(2)13-23(22(29)10-9-20(16-28)15-21-11-12-26-24(21)30)33-27-25(31)32-18(3)14-19-7-5-4-6-8-19/h4-8,17-18,20-21,23,28H,9-16H2,1-3H3,(H,26,30)(H,27,31)/t18?,20-,21-,23-/m0/s1. The number of carbonyl (C=O) groups excluding carboxylic acids is 3. The summed E-state index contributed by atoms with van der Waals surface area (Å²) in [7, 11) is 0. The number of carbonyl (C=O) groups is 3. The number of aliphatic hydroxyl groups is 1. The van der Waals surface area contributed by atoms with Gasteiger partial charge < -0.3 is 15.2 Å². The third-order valence-electron chi connectivity index (χ3n) is 5.84. The van der Waals surface area contributed by atoms with E-state index in [0.717, 1.165) is 23.9 Å². The van der Waals surface area contributed by atoms with Crippen LogP contribution in [0, 0.1) is 17.8 Å². The minimum atomic E-state index is -0.550. The Morgan fingerprint density at radius 2 is 1.97 bits per heavy atom. The number of nitrogens with one attached hydrogen (secondary N) is 2. The zero-order valence-electron chi connectivity index (χ0n) is 19.9. The first-order valence-corrected chi connectivity index (χ1v) is 12.7. The van der Waals surface area contributed by atoms with Gasteiger partial charge in [-0.2, -0.15) is 0 Å². The fourth-order valence-corrected chi connectivity index (χ4v) is 5.07. The number of ketones is 1. The Morgan fingerprint density at radius 1 is 1.24 bits per heavy atom. The lowest BCUT2D eigenvalue weighted by molar-refractivity contribution is -0.123. The number of amides is 2. The third kappa shape index (κ3) is 10.2. The lowest BCUT2D eigenvalue weighted by atomic mass is 9.89. The number of aliphatic hydroxyl groups excluding tert-OH is 1. The Kier molecular flexibility index (Phi) is 11.7. The molecule has 1 aliphatic heterocycles. The first-order chi connectivity index (χ1) is 15.8. The largest absolute Gasteiger partial charge is 0.446 e. The van der Waals surface area contributed by atoms with Crippen LogP contribution >= 0.6 is 11.9 Å². The summed E-state index contributed by atoms with van der Waals surface area (Å²) in [6, 6.07) is 9.82. The molecule has 0 aromatic heterocycles. The van der Waals surface area contributed by atoms with Gasteiger partial charge in [-0.05, 0) is 62.0 Å². The highest BCUT2D eigenvalue weighted by Gasteiger charge is 2.28. The van der Waals surface area contributed by atoms with Crippen LogP contribution in [-0.4, -0.2) is 47.4 Å². The van der Waals surface area contributed by atoms with Gasteiger partial charge >= 0.3 is 6.09 Å². The summed E-state index contributed by atoms with van der Waals surface area (Å²) < 4.78 is 8.12. The highest BCUT2D eigenvalue weighted by atomic mass is 32.2. The fourth-order valence-electron chi connectivity index (χ4n) is 4.05. The lowest BCUT2D eigenvalue weighted by Crippen LogP contribution is -2.30. The number of ether oxygens (including phenoxy) is 1. The second-order valence-corrected chi connectivity index (χ2v) is 10.3. The predicted octanol–water partition coefficient (Wildman–Crippen LogP) is 3.89. The van der Waals surface area contributed by atoms with Crippen molar-refractivity contribution >= 4 is 29.7 Å². The molecule has 1 heterocycles. The summed E-state index contributed by atoms with van der Waals surface area (Å²) >= 11 is 1.11. The molecule has 0 saturated carbocycles. The highest BCUT2D eigenvalue weighted by Crippen LogP contribution is 2.25. The normalized spacial score (nSPS) is 18.5. The van der Waals surface area contributed by atoms with Crippen LogP contribution in [-0.2, 0) is 20.7 Å². The molecule has 3 N–H and O–H groups in total. The van der Waals surface area contributed by atoms with Gasteiger partial charge in [0.1, 0.15) is 11.9 Å².